The van der Waals surface area contributed by atoms with Crippen molar-refractivity contribution in [2.75, 3.05) is 5.32 Å². The zero-order valence-corrected chi connectivity index (χ0v) is 12.0. The lowest BCUT2D eigenvalue weighted by molar-refractivity contribution is -0.385. The van der Waals surface area contributed by atoms with Crippen LogP contribution < -0.4 is 5.32 Å². The van der Waals surface area contributed by atoms with Gasteiger partial charge >= 0.3 is 0 Å². The molecule has 0 spiro atoms. The van der Waals surface area contributed by atoms with Crippen LogP contribution in [0.25, 0.3) is 0 Å². The van der Waals surface area contributed by atoms with Gasteiger partial charge in [-0.1, -0.05) is 0 Å². The summed E-state index contributed by atoms with van der Waals surface area (Å²) >= 11 is 0. The molecule has 106 valence electrons. The second-order valence-corrected chi connectivity index (χ2v) is 4.85. The van der Waals surface area contributed by atoms with Gasteiger partial charge < -0.3 is 9.88 Å². The molecule has 5 heteroatoms. The number of aryl methyl sites for hydroxylation is 3. The maximum atomic E-state index is 11.0. The molecule has 0 saturated heterocycles. The second-order valence-electron chi connectivity index (χ2n) is 4.85. The van der Waals surface area contributed by atoms with E-state index in [1.54, 1.807) is 13.0 Å². The minimum Gasteiger partial charge on any atom is -0.379 e. The Morgan fingerprint density at radius 3 is 2.70 bits per heavy atom. The molecule has 5 nitrogen and oxygen atoms in total. The molecule has 0 bridgehead atoms. The Bertz CT molecular complexity index is 632. The van der Waals surface area contributed by atoms with E-state index in [0.717, 1.165) is 23.5 Å². The Kier molecular flexibility index (Phi) is 4.08. The highest BCUT2D eigenvalue weighted by molar-refractivity contribution is 5.60. The lowest BCUT2D eigenvalue weighted by Crippen LogP contribution is -2.07. The van der Waals surface area contributed by atoms with Crippen molar-refractivity contribution < 1.29 is 4.92 Å². The molecular weight excluding hydrogens is 254 g/mol. The highest BCUT2D eigenvalue weighted by Crippen LogP contribution is 2.26. The van der Waals surface area contributed by atoms with Gasteiger partial charge in [-0.3, -0.25) is 10.1 Å². The lowest BCUT2D eigenvalue weighted by Gasteiger charge is -2.12. The van der Waals surface area contributed by atoms with E-state index in [1.165, 1.54) is 0 Å². The molecule has 0 aliphatic carbocycles. The summed E-state index contributed by atoms with van der Waals surface area (Å²) in [5, 5.41) is 14.3. The van der Waals surface area contributed by atoms with Gasteiger partial charge in [0.1, 0.15) is 0 Å². The summed E-state index contributed by atoms with van der Waals surface area (Å²) in [5.74, 6) is 0. The number of hydrogen-bond acceptors (Lipinski definition) is 3. The average Bonchev–Trinajstić information content (AvgIpc) is 2.84. The maximum Gasteiger partial charge on any atom is 0.274 e. The van der Waals surface area contributed by atoms with Crippen LogP contribution in [0.5, 0.6) is 0 Å². The van der Waals surface area contributed by atoms with Crippen molar-refractivity contribution in [2.45, 2.75) is 33.9 Å². The van der Waals surface area contributed by atoms with E-state index in [9.17, 15) is 10.1 Å². The number of nitrogens with zero attached hydrogens (tertiary/aromatic N) is 2. The van der Waals surface area contributed by atoms with Crippen LogP contribution in [0.4, 0.5) is 11.4 Å². The van der Waals surface area contributed by atoms with Gasteiger partial charge in [0.15, 0.2) is 0 Å². The van der Waals surface area contributed by atoms with Gasteiger partial charge in [0.2, 0.25) is 0 Å². The van der Waals surface area contributed by atoms with Crippen molar-refractivity contribution in [3.05, 3.63) is 57.4 Å². The van der Waals surface area contributed by atoms with Crippen LogP contribution in [0.2, 0.25) is 0 Å². The first-order valence-corrected chi connectivity index (χ1v) is 6.66. The largest absolute Gasteiger partial charge is 0.379 e. The summed E-state index contributed by atoms with van der Waals surface area (Å²) in [4.78, 5) is 10.7. The molecule has 0 radical (unpaired) electrons. The van der Waals surface area contributed by atoms with Gasteiger partial charge in [0, 0.05) is 35.8 Å². The predicted molar refractivity (Wildman–Crippen MR) is 80.0 cm³/mol. The van der Waals surface area contributed by atoms with Crippen molar-refractivity contribution in [2.24, 2.45) is 0 Å². The summed E-state index contributed by atoms with van der Waals surface area (Å²) < 4.78 is 2.14. The third-order valence-electron chi connectivity index (χ3n) is 3.46. The Labute approximate surface area is 118 Å². The van der Waals surface area contributed by atoms with Crippen LogP contribution in [0.15, 0.2) is 30.5 Å². The van der Waals surface area contributed by atoms with Gasteiger partial charge in [-0.25, -0.2) is 0 Å². The molecule has 20 heavy (non-hydrogen) atoms. The van der Waals surface area contributed by atoms with Crippen LogP contribution in [0.3, 0.4) is 0 Å². The molecule has 1 heterocycles. The molecule has 1 aromatic heterocycles. The number of rotatable bonds is 5. The molecule has 2 aromatic rings. The highest BCUT2D eigenvalue weighted by Gasteiger charge is 2.13. The molecule has 0 amide bonds. The molecule has 1 aromatic carbocycles. The first kappa shape index (κ1) is 14.1. The van der Waals surface area contributed by atoms with Gasteiger partial charge in [-0.2, -0.15) is 0 Å². The number of nitrogens with one attached hydrogen (secondary N) is 1. The van der Waals surface area contributed by atoms with E-state index in [4.69, 9.17) is 0 Å². The van der Waals surface area contributed by atoms with Crippen molar-refractivity contribution in [1.82, 2.24) is 4.57 Å². The Balaban J connectivity index is 2.21. The Morgan fingerprint density at radius 2 is 2.05 bits per heavy atom. The number of anilines is 1. The second kappa shape index (κ2) is 5.77. The number of hydrogen-bond donors (Lipinski definition) is 1. The average molecular weight is 273 g/mol. The Hall–Kier alpha value is -2.30. The van der Waals surface area contributed by atoms with Crippen molar-refractivity contribution in [1.29, 1.82) is 0 Å². The number of nitro groups is 1. The molecule has 0 atom stereocenters. The van der Waals surface area contributed by atoms with E-state index < -0.39 is 0 Å². The first-order valence-electron chi connectivity index (χ1n) is 6.66. The predicted octanol–water partition coefficient (Wildman–Crippen LogP) is 3.65. The standard InChI is InChI=1S/C15H19N3O2/c1-4-17-7-5-6-13(17)10-16-14-9-15(18(19)20)12(3)8-11(14)2/h5-9,16H,4,10H2,1-3H3. The lowest BCUT2D eigenvalue weighted by atomic mass is 10.1. The zero-order valence-electron chi connectivity index (χ0n) is 12.0. The minimum atomic E-state index is -0.339. The Morgan fingerprint density at radius 1 is 1.30 bits per heavy atom. The van der Waals surface area contributed by atoms with Crippen LogP contribution in [-0.4, -0.2) is 9.49 Å². The highest BCUT2D eigenvalue weighted by atomic mass is 16.6. The molecule has 0 aliphatic heterocycles. The monoisotopic (exact) mass is 273 g/mol. The first-order chi connectivity index (χ1) is 9.52. The van der Waals surface area contributed by atoms with Gasteiger partial charge in [0.05, 0.1) is 11.5 Å². The molecule has 0 unspecified atom stereocenters. The molecule has 1 N–H and O–H groups in total. The zero-order chi connectivity index (χ0) is 14.7. The summed E-state index contributed by atoms with van der Waals surface area (Å²) in [6, 6.07) is 7.52. The van der Waals surface area contributed by atoms with E-state index in [2.05, 4.69) is 22.9 Å². The molecule has 0 saturated carbocycles. The van der Waals surface area contributed by atoms with Crippen LogP contribution in [0, 0.1) is 24.0 Å². The maximum absolute atomic E-state index is 11.0. The van der Waals surface area contributed by atoms with Crippen molar-refractivity contribution >= 4 is 11.4 Å². The SMILES string of the molecule is CCn1cccc1CNc1cc([N+](=O)[O-])c(C)cc1C. The van der Waals surface area contributed by atoms with Gasteiger partial charge in [-0.15, -0.1) is 0 Å². The van der Waals surface area contributed by atoms with E-state index in [-0.39, 0.29) is 10.6 Å². The number of aromatic nitrogens is 1. The van der Waals surface area contributed by atoms with Crippen LogP contribution in [-0.2, 0) is 13.1 Å². The number of benzene rings is 1. The number of nitro benzene ring substituents is 1. The van der Waals surface area contributed by atoms with E-state index in [0.29, 0.717) is 12.1 Å². The van der Waals surface area contributed by atoms with E-state index in [1.807, 2.05) is 25.3 Å². The minimum absolute atomic E-state index is 0.156. The summed E-state index contributed by atoms with van der Waals surface area (Å²) in [6.07, 6.45) is 2.03. The van der Waals surface area contributed by atoms with E-state index >= 15 is 0 Å². The summed E-state index contributed by atoms with van der Waals surface area (Å²) in [5.41, 5.74) is 3.84. The van der Waals surface area contributed by atoms with Crippen molar-refractivity contribution in [3.63, 3.8) is 0 Å². The quantitative estimate of drug-likeness (QED) is 0.668. The van der Waals surface area contributed by atoms with Crippen LogP contribution >= 0.6 is 0 Å². The molecule has 2 rings (SSSR count). The fourth-order valence-corrected chi connectivity index (χ4v) is 2.33. The third-order valence-corrected chi connectivity index (χ3v) is 3.46. The fraction of sp³-hybridized carbons (Fsp3) is 0.333. The fourth-order valence-electron chi connectivity index (χ4n) is 2.33. The normalized spacial score (nSPS) is 10.6. The summed E-state index contributed by atoms with van der Waals surface area (Å²) in [7, 11) is 0. The molecule has 0 fully saturated rings. The molecule has 0 aliphatic rings. The van der Waals surface area contributed by atoms with Crippen LogP contribution in [0.1, 0.15) is 23.7 Å². The topological polar surface area (TPSA) is 60.1 Å². The molecular formula is C15H19N3O2. The third kappa shape index (κ3) is 2.82. The van der Waals surface area contributed by atoms with Crippen molar-refractivity contribution in [3.8, 4) is 0 Å². The van der Waals surface area contributed by atoms with Gasteiger partial charge in [-0.05, 0) is 44.5 Å². The smallest absolute Gasteiger partial charge is 0.274 e. The summed E-state index contributed by atoms with van der Waals surface area (Å²) in [6.45, 7) is 7.37. The van der Waals surface area contributed by atoms with Gasteiger partial charge in [0.25, 0.3) is 5.69 Å².